The first-order valence-corrected chi connectivity index (χ1v) is 8.19. The van der Waals surface area contributed by atoms with Gasteiger partial charge in [-0.3, -0.25) is 4.79 Å². The average Bonchev–Trinajstić information content (AvgIpc) is 2.53. The predicted octanol–water partition coefficient (Wildman–Crippen LogP) is 2.62. The lowest BCUT2D eigenvalue weighted by Crippen LogP contribution is -2.33. The summed E-state index contributed by atoms with van der Waals surface area (Å²) in [4.78, 5) is 11.7. The van der Waals surface area contributed by atoms with Crippen LogP contribution < -0.4 is 10.0 Å². The van der Waals surface area contributed by atoms with E-state index < -0.39 is 39.9 Å². The lowest BCUT2D eigenvalue weighted by atomic mass is 10.1. The lowest BCUT2D eigenvalue weighted by molar-refractivity contribution is -0.137. The first-order valence-electron chi connectivity index (χ1n) is 6.71. The van der Waals surface area contributed by atoms with E-state index in [0.29, 0.717) is 0 Å². The molecule has 2 aromatic rings. The molecule has 0 bridgehead atoms. The van der Waals surface area contributed by atoms with Crippen LogP contribution in [0.1, 0.15) is 5.56 Å². The zero-order valence-corrected chi connectivity index (χ0v) is 13.0. The first kappa shape index (κ1) is 18.0. The number of hydrogen-bond acceptors (Lipinski definition) is 3. The van der Waals surface area contributed by atoms with Crippen LogP contribution in [-0.4, -0.2) is 20.9 Å². The summed E-state index contributed by atoms with van der Waals surface area (Å²) >= 11 is 0. The molecule has 1 amide bonds. The molecule has 0 radical (unpaired) electrons. The molecule has 0 fully saturated rings. The second-order valence-corrected chi connectivity index (χ2v) is 6.50. The second kappa shape index (κ2) is 7.02. The van der Waals surface area contributed by atoms with Gasteiger partial charge in [-0.2, -0.15) is 13.2 Å². The Hall–Kier alpha value is -2.39. The number of alkyl halides is 3. The normalized spacial score (nSPS) is 12.0. The lowest BCUT2D eigenvalue weighted by Gasteiger charge is -2.13. The SMILES string of the molecule is O=C(CNS(=O)(=O)c1ccccc1)Nc1ccccc1C(F)(F)F. The largest absolute Gasteiger partial charge is 0.418 e. The highest BCUT2D eigenvalue weighted by molar-refractivity contribution is 7.89. The maximum Gasteiger partial charge on any atom is 0.418 e. The molecule has 0 spiro atoms. The van der Waals surface area contributed by atoms with Gasteiger partial charge in [-0.05, 0) is 24.3 Å². The van der Waals surface area contributed by atoms with Crippen LogP contribution >= 0.6 is 0 Å². The van der Waals surface area contributed by atoms with E-state index in [2.05, 4.69) is 5.32 Å². The molecule has 128 valence electrons. The van der Waals surface area contributed by atoms with E-state index in [0.717, 1.165) is 12.1 Å². The highest BCUT2D eigenvalue weighted by atomic mass is 32.2. The van der Waals surface area contributed by atoms with Crippen molar-refractivity contribution in [3.63, 3.8) is 0 Å². The van der Waals surface area contributed by atoms with Gasteiger partial charge in [0, 0.05) is 0 Å². The smallest absolute Gasteiger partial charge is 0.324 e. The third-order valence-corrected chi connectivity index (χ3v) is 4.40. The number of rotatable bonds is 5. The molecule has 24 heavy (non-hydrogen) atoms. The Morgan fingerprint density at radius 1 is 0.958 bits per heavy atom. The molecule has 0 saturated heterocycles. The van der Waals surface area contributed by atoms with Crippen molar-refractivity contribution >= 4 is 21.6 Å². The molecular weight excluding hydrogens is 345 g/mol. The van der Waals surface area contributed by atoms with Crippen molar-refractivity contribution in [1.29, 1.82) is 0 Å². The first-order chi connectivity index (χ1) is 11.2. The van der Waals surface area contributed by atoms with E-state index in [1.165, 1.54) is 36.4 Å². The molecule has 5 nitrogen and oxygen atoms in total. The van der Waals surface area contributed by atoms with Crippen molar-refractivity contribution in [3.8, 4) is 0 Å². The second-order valence-electron chi connectivity index (χ2n) is 4.73. The van der Waals surface area contributed by atoms with Crippen LogP contribution in [0, 0.1) is 0 Å². The third kappa shape index (κ3) is 4.56. The summed E-state index contributed by atoms with van der Waals surface area (Å²) in [6, 6.07) is 11.7. The summed E-state index contributed by atoms with van der Waals surface area (Å²) in [6.07, 6.45) is -4.63. The van der Waals surface area contributed by atoms with E-state index in [1.54, 1.807) is 6.07 Å². The van der Waals surface area contributed by atoms with Crippen molar-refractivity contribution in [2.45, 2.75) is 11.1 Å². The highest BCUT2D eigenvalue weighted by Crippen LogP contribution is 2.34. The topological polar surface area (TPSA) is 75.3 Å². The molecule has 0 saturated carbocycles. The van der Waals surface area contributed by atoms with Crippen LogP contribution in [0.4, 0.5) is 18.9 Å². The maximum atomic E-state index is 12.8. The fourth-order valence-corrected chi connectivity index (χ4v) is 2.88. The molecule has 0 aromatic heterocycles. The van der Waals surface area contributed by atoms with Gasteiger partial charge < -0.3 is 5.32 Å². The standard InChI is InChI=1S/C15H13F3N2O3S/c16-15(17,18)12-8-4-5-9-13(12)20-14(21)10-19-24(22,23)11-6-2-1-3-7-11/h1-9,19H,10H2,(H,20,21). The van der Waals surface area contributed by atoms with Crippen LogP contribution in [0.3, 0.4) is 0 Å². The zero-order valence-electron chi connectivity index (χ0n) is 12.2. The minimum absolute atomic E-state index is 0.0477. The fraction of sp³-hybridized carbons (Fsp3) is 0.133. The van der Waals surface area contributed by atoms with Crippen molar-refractivity contribution in [2.24, 2.45) is 0 Å². The van der Waals surface area contributed by atoms with Gasteiger partial charge in [-0.1, -0.05) is 30.3 Å². The fourth-order valence-electron chi connectivity index (χ4n) is 1.88. The summed E-state index contributed by atoms with van der Waals surface area (Å²) in [7, 11) is -3.92. The number of anilines is 1. The van der Waals surface area contributed by atoms with Crippen LogP contribution in [0.2, 0.25) is 0 Å². The summed E-state index contributed by atoms with van der Waals surface area (Å²) in [6.45, 7) is -0.691. The molecule has 0 aliphatic heterocycles. The van der Waals surface area contributed by atoms with Gasteiger partial charge in [0.1, 0.15) is 0 Å². The number of nitrogens with one attached hydrogen (secondary N) is 2. The highest BCUT2D eigenvalue weighted by Gasteiger charge is 2.33. The predicted molar refractivity (Wildman–Crippen MR) is 81.7 cm³/mol. The minimum atomic E-state index is -4.63. The van der Waals surface area contributed by atoms with Crippen molar-refractivity contribution < 1.29 is 26.4 Å². The van der Waals surface area contributed by atoms with E-state index in [1.807, 2.05) is 4.72 Å². The molecule has 0 heterocycles. The van der Waals surface area contributed by atoms with Gasteiger partial charge in [0.2, 0.25) is 15.9 Å². The molecule has 0 unspecified atom stereocenters. The molecule has 2 aromatic carbocycles. The van der Waals surface area contributed by atoms with E-state index in [4.69, 9.17) is 0 Å². The summed E-state index contributed by atoms with van der Waals surface area (Å²) in [5.41, 5.74) is -1.45. The van der Waals surface area contributed by atoms with Gasteiger partial charge in [0.05, 0.1) is 22.7 Å². The maximum absolute atomic E-state index is 12.8. The molecule has 9 heteroatoms. The number of sulfonamides is 1. The number of benzene rings is 2. The third-order valence-electron chi connectivity index (χ3n) is 2.98. The Bertz CT molecular complexity index is 821. The Labute approximate surface area is 136 Å². The van der Waals surface area contributed by atoms with Crippen LogP contribution in [0.25, 0.3) is 0 Å². The van der Waals surface area contributed by atoms with Crippen LogP contribution in [0.5, 0.6) is 0 Å². The van der Waals surface area contributed by atoms with Gasteiger partial charge in [-0.25, -0.2) is 13.1 Å². The van der Waals surface area contributed by atoms with E-state index >= 15 is 0 Å². The number of halogens is 3. The Morgan fingerprint density at radius 3 is 2.17 bits per heavy atom. The number of carbonyl (C=O) groups excluding carboxylic acids is 1. The number of amides is 1. The van der Waals surface area contributed by atoms with Gasteiger partial charge in [0.15, 0.2) is 0 Å². The van der Waals surface area contributed by atoms with Crippen LogP contribution in [0.15, 0.2) is 59.5 Å². The van der Waals surface area contributed by atoms with Crippen molar-refractivity contribution in [2.75, 3.05) is 11.9 Å². The quantitative estimate of drug-likeness (QED) is 0.863. The Morgan fingerprint density at radius 2 is 1.54 bits per heavy atom. The van der Waals surface area contributed by atoms with Gasteiger partial charge >= 0.3 is 6.18 Å². The van der Waals surface area contributed by atoms with Crippen molar-refractivity contribution in [1.82, 2.24) is 4.72 Å². The molecule has 2 N–H and O–H groups in total. The Balaban J connectivity index is 2.05. The zero-order chi connectivity index (χ0) is 17.8. The Kier molecular flexibility index (Phi) is 5.25. The number of carbonyl (C=O) groups is 1. The molecule has 2 rings (SSSR count). The molecule has 0 aliphatic carbocycles. The molecule has 0 atom stereocenters. The van der Waals surface area contributed by atoms with E-state index in [9.17, 15) is 26.4 Å². The van der Waals surface area contributed by atoms with Crippen LogP contribution in [-0.2, 0) is 21.0 Å². The van der Waals surface area contributed by atoms with Gasteiger partial charge in [0.25, 0.3) is 0 Å². The average molecular weight is 358 g/mol. The summed E-state index contributed by atoms with van der Waals surface area (Å²) < 4.78 is 64.4. The monoisotopic (exact) mass is 358 g/mol. The summed E-state index contributed by atoms with van der Waals surface area (Å²) in [5, 5.41) is 2.06. The summed E-state index contributed by atoms with van der Waals surface area (Å²) in [5.74, 6) is -0.911. The number of hydrogen-bond donors (Lipinski definition) is 2. The minimum Gasteiger partial charge on any atom is -0.324 e. The molecular formula is C15H13F3N2O3S. The van der Waals surface area contributed by atoms with E-state index in [-0.39, 0.29) is 4.90 Å². The van der Waals surface area contributed by atoms with Gasteiger partial charge in [-0.15, -0.1) is 0 Å². The molecule has 0 aliphatic rings. The number of para-hydroxylation sites is 1. The van der Waals surface area contributed by atoms with Crippen molar-refractivity contribution in [3.05, 3.63) is 60.2 Å².